The first kappa shape index (κ1) is 13.5. The molecule has 0 heterocycles. The molecule has 0 radical (unpaired) electrons. The average molecular weight is 323 g/mol. The third-order valence-electron chi connectivity index (χ3n) is 2.14. The lowest BCUT2D eigenvalue weighted by Gasteiger charge is -2.08. The smallest absolute Gasteiger partial charge is 0.207 e. The SMILES string of the molecule is CCc1cc(C#N)c(S(=O)(=O)Cl)c(CBr)c1. The standard InChI is InChI=1S/C10H9BrClNO2S/c1-2-7-3-8(5-11)10(16(12,14)15)9(4-7)6-13/h3-4H,2,5H2,1H3. The fourth-order valence-electron chi connectivity index (χ4n) is 1.43. The normalized spacial score (nSPS) is 11.1. The minimum atomic E-state index is -3.89. The van der Waals surface area contributed by atoms with Gasteiger partial charge in [0.1, 0.15) is 11.0 Å². The molecule has 0 spiro atoms. The van der Waals surface area contributed by atoms with Gasteiger partial charge in [0.05, 0.1) is 5.56 Å². The topological polar surface area (TPSA) is 57.9 Å². The fraction of sp³-hybridized carbons (Fsp3) is 0.300. The van der Waals surface area contributed by atoms with Crippen LogP contribution in [0.2, 0.25) is 0 Å². The van der Waals surface area contributed by atoms with E-state index >= 15 is 0 Å². The maximum absolute atomic E-state index is 11.4. The van der Waals surface area contributed by atoms with Gasteiger partial charge in [-0.1, -0.05) is 28.9 Å². The van der Waals surface area contributed by atoms with Gasteiger partial charge in [0.2, 0.25) is 0 Å². The van der Waals surface area contributed by atoms with E-state index in [2.05, 4.69) is 15.9 Å². The zero-order valence-corrected chi connectivity index (χ0v) is 11.7. The van der Waals surface area contributed by atoms with Gasteiger partial charge in [-0.2, -0.15) is 5.26 Å². The van der Waals surface area contributed by atoms with Gasteiger partial charge in [-0.15, -0.1) is 0 Å². The van der Waals surface area contributed by atoms with Crippen LogP contribution < -0.4 is 0 Å². The molecule has 1 rings (SSSR count). The van der Waals surface area contributed by atoms with Crippen LogP contribution in [0.4, 0.5) is 0 Å². The maximum atomic E-state index is 11.4. The Morgan fingerprint density at radius 3 is 2.50 bits per heavy atom. The number of hydrogen-bond acceptors (Lipinski definition) is 3. The Morgan fingerprint density at radius 1 is 1.50 bits per heavy atom. The summed E-state index contributed by atoms with van der Waals surface area (Å²) < 4.78 is 22.8. The molecule has 3 nitrogen and oxygen atoms in total. The van der Waals surface area contributed by atoms with Gasteiger partial charge >= 0.3 is 0 Å². The Hall–Kier alpha value is -0.570. The highest BCUT2D eigenvalue weighted by atomic mass is 79.9. The molecule has 1 aromatic carbocycles. The van der Waals surface area contributed by atoms with Crippen LogP contribution >= 0.6 is 26.6 Å². The van der Waals surface area contributed by atoms with Crippen molar-refractivity contribution in [3.8, 4) is 6.07 Å². The summed E-state index contributed by atoms with van der Waals surface area (Å²) in [6.45, 7) is 1.93. The Bertz CT molecular complexity index is 549. The second-order valence-electron chi connectivity index (χ2n) is 3.17. The van der Waals surface area contributed by atoms with Gasteiger partial charge in [0, 0.05) is 16.0 Å². The molecule has 0 aliphatic carbocycles. The van der Waals surface area contributed by atoms with Crippen LogP contribution in [0.15, 0.2) is 17.0 Å². The zero-order valence-electron chi connectivity index (χ0n) is 8.50. The number of alkyl halides is 1. The maximum Gasteiger partial charge on any atom is 0.262 e. The summed E-state index contributed by atoms with van der Waals surface area (Å²) in [5.41, 5.74) is 1.53. The van der Waals surface area contributed by atoms with Crippen molar-refractivity contribution < 1.29 is 8.42 Å². The van der Waals surface area contributed by atoms with Crippen molar-refractivity contribution in [2.75, 3.05) is 0 Å². The first-order valence-electron chi connectivity index (χ1n) is 4.50. The van der Waals surface area contributed by atoms with E-state index in [1.54, 1.807) is 12.1 Å². The van der Waals surface area contributed by atoms with Gasteiger partial charge in [-0.3, -0.25) is 0 Å². The molecule has 0 unspecified atom stereocenters. The highest BCUT2D eigenvalue weighted by Crippen LogP contribution is 2.27. The number of halogens is 2. The van der Waals surface area contributed by atoms with E-state index < -0.39 is 9.05 Å². The van der Waals surface area contributed by atoms with E-state index in [0.29, 0.717) is 10.9 Å². The van der Waals surface area contributed by atoms with Crippen molar-refractivity contribution in [1.82, 2.24) is 0 Å². The molecule has 0 aromatic heterocycles. The minimum absolute atomic E-state index is 0.0919. The van der Waals surface area contributed by atoms with Crippen LogP contribution in [0.3, 0.4) is 0 Å². The van der Waals surface area contributed by atoms with E-state index in [1.807, 2.05) is 13.0 Å². The molecule has 0 saturated carbocycles. The minimum Gasteiger partial charge on any atom is -0.207 e. The molecule has 6 heteroatoms. The van der Waals surface area contributed by atoms with Gasteiger partial charge in [0.15, 0.2) is 0 Å². The summed E-state index contributed by atoms with van der Waals surface area (Å²) in [4.78, 5) is -0.0919. The molecule has 0 fully saturated rings. The molecule has 0 aliphatic heterocycles. The third-order valence-corrected chi connectivity index (χ3v) is 4.18. The lowest BCUT2D eigenvalue weighted by Crippen LogP contribution is -2.02. The van der Waals surface area contributed by atoms with Crippen LogP contribution in [0.5, 0.6) is 0 Å². The van der Waals surface area contributed by atoms with Gasteiger partial charge in [0.25, 0.3) is 9.05 Å². The number of nitriles is 1. The second kappa shape index (κ2) is 5.17. The first-order valence-corrected chi connectivity index (χ1v) is 7.93. The van der Waals surface area contributed by atoms with Gasteiger partial charge in [-0.25, -0.2) is 8.42 Å². The Balaban J connectivity index is 3.65. The van der Waals surface area contributed by atoms with Crippen molar-refractivity contribution >= 4 is 35.7 Å². The van der Waals surface area contributed by atoms with Crippen molar-refractivity contribution in [2.45, 2.75) is 23.6 Å². The molecule has 0 atom stereocenters. The Labute approximate surface area is 108 Å². The quantitative estimate of drug-likeness (QED) is 0.635. The van der Waals surface area contributed by atoms with Crippen LogP contribution in [-0.4, -0.2) is 8.42 Å². The Kier molecular flexibility index (Phi) is 4.36. The number of benzene rings is 1. The molecular formula is C10H9BrClNO2S. The molecule has 1 aromatic rings. The molecule has 0 saturated heterocycles. The summed E-state index contributed by atoms with van der Waals surface area (Å²) in [7, 11) is 1.43. The molecule has 86 valence electrons. The number of hydrogen-bond donors (Lipinski definition) is 0. The summed E-state index contributed by atoms with van der Waals surface area (Å²) in [6.07, 6.45) is 0.733. The van der Waals surface area contributed by atoms with Crippen molar-refractivity contribution in [3.05, 3.63) is 28.8 Å². The zero-order chi connectivity index (χ0) is 12.3. The first-order chi connectivity index (χ1) is 7.43. The van der Waals surface area contributed by atoms with Crippen LogP contribution in [0, 0.1) is 11.3 Å². The van der Waals surface area contributed by atoms with Gasteiger partial charge < -0.3 is 0 Å². The monoisotopic (exact) mass is 321 g/mol. The number of aryl methyl sites for hydroxylation is 1. The third kappa shape index (κ3) is 2.76. The molecule has 0 aliphatic rings. The molecule has 0 amide bonds. The number of rotatable bonds is 3. The predicted molar refractivity (Wildman–Crippen MR) is 66.2 cm³/mol. The second-order valence-corrected chi connectivity index (χ2v) is 6.23. The highest BCUT2D eigenvalue weighted by Gasteiger charge is 2.20. The summed E-state index contributed by atoms with van der Waals surface area (Å²) in [5, 5.41) is 9.28. The molecule has 0 N–H and O–H groups in total. The molecule has 16 heavy (non-hydrogen) atoms. The van der Waals surface area contributed by atoms with Crippen molar-refractivity contribution in [3.63, 3.8) is 0 Å². The fourth-order valence-corrected chi connectivity index (χ4v) is 3.42. The van der Waals surface area contributed by atoms with Crippen molar-refractivity contribution in [1.29, 1.82) is 5.26 Å². The van der Waals surface area contributed by atoms with E-state index in [9.17, 15) is 8.42 Å². The van der Waals surface area contributed by atoms with Gasteiger partial charge in [-0.05, 0) is 23.6 Å². The largest absolute Gasteiger partial charge is 0.262 e. The van der Waals surface area contributed by atoms with E-state index in [-0.39, 0.29) is 10.5 Å². The average Bonchev–Trinajstić information content (AvgIpc) is 2.25. The highest BCUT2D eigenvalue weighted by molar-refractivity contribution is 9.08. The van der Waals surface area contributed by atoms with Crippen molar-refractivity contribution in [2.24, 2.45) is 0 Å². The molecule has 0 bridgehead atoms. The van der Waals surface area contributed by atoms with E-state index in [4.69, 9.17) is 15.9 Å². The van der Waals surface area contributed by atoms with E-state index in [1.165, 1.54) is 0 Å². The lowest BCUT2D eigenvalue weighted by molar-refractivity contribution is 0.608. The lowest BCUT2D eigenvalue weighted by atomic mass is 10.1. The van der Waals surface area contributed by atoms with Crippen LogP contribution in [-0.2, 0) is 20.8 Å². The predicted octanol–water partition coefficient (Wildman–Crippen LogP) is 2.94. The van der Waals surface area contributed by atoms with E-state index in [0.717, 1.165) is 12.0 Å². The van der Waals surface area contributed by atoms with Crippen LogP contribution in [0.1, 0.15) is 23.6 Å². The molecular weight excluding hydrogens is 314 g/mol. The Morgan fingerprint density at radius 2 is 2.12 bits per heavy atom. The van der Waals surface area contributed by atoms with Crippen LogP contribution in [0.25, 0.3) is 0 Å². The summed E-state index contributed by atoms with van der Waals surface area (Å²) >= 11 is 3.20. The summed E-state index contributed by atoms with van der Waals surface area (Å²) in [5.74, 6) is 0. The number of nitrogens with zero attached hydrogens (tertiary/aromatic N) is 1. The summed E-state index contributed by atoms with van der Waals surface area (Å²) in [6, 6.07) is 5.16.